The molecular formula is C40H30N8O16S4. The molecule has 0 spiro atoms. The number of nitrogens with one attached hydrogen (secondary N) is 3. The minimum absolute atomic E-state index is 0.0145. The van der Waals surface area contributed by atoms with E-state index in [4.69, 9.17) is 0 Å². The summed E-state index contributed by atoms with van der Waals surface area (Å²) in [6.45, 7) is 2.95. The quantitative estimate of drug-likeness (QED) is 0.0397. The number of hydrogen-bond donors (Lipinski definition) is 8. The number of hydrogen-bond acceptors (Lipinski definition) is 17. The molecule has 0 unspecified atom stereocenters. The zero-order chi connectivity index (χ0) is 49.4. The molecule has 0 fully saturated rings. The lowest BCUT2D eigenvalue weighted by atomic mass is 9.97. The van der Waals surface area contributed by atoms with Gasteiger partial charge in [0.05, 0.1) is 38.3 Å². The zero-order valence-corrected chi connectivity index (χ0v) is 37.6. The molecule has 0 saturated heterocycles. The third-order valence-electron chi connectivity index (χ3n) is 10.3. The van der Waals surface area contributed by atoms with Crippen LogP contribution >= 0.6 is 0 Å². The summed E-state index contributed by atoms with van der Waals surface area (Å²) in [6.07, 6.45) is 4.01. The van der Waals surface area contributed by atoms with Crippen molar-refractivity contribution < 1.29 is 66.6 Å². The van der Waals surface area contributed by atoms with Crippen molar-refractivity contribution in [3.05, 3.63) is 119 Å². The number of aromatic hydroxyl groups is 1. The maximum absolute atomic E-state index is 13.5. The molecule has 24 nitrogen and oxygen atoms in total. The minimum Gasteiger partial charge on any atom is -0.506 e. The topological polar surface area (TPSA) is 374 Å². The smallest absolute Gasteiger partial charge is 0.301 e. The van der Waals surface area contributed by atoms with Crippen LogP contribution in [-0.2, 0) is 50.1 Å². The number of allylic oxidation sites excluding steroid dienone is 4. The number of fused-ring (bicyclic) bond motifs is 2. The highest BCUT2D eigenvalue weighted by Crippen LogP contribution is 2.34. The summed E-state index contributed by atoms with van der Waals surface area (Å²) in [5.74, 6) is -1.78. The van der Waals surface area contributed by atoms with E-state index in [1.807, 2.05) is 0 Å². The molecule has 8 rings (SSSR count). The Morgan fingerprint density at radius 1 is 0.647 bits per heavy atom. The number of nitrogens with zero attached hydrogens (tertiary/aromatic N) is 5. The molecule has 0 atom stereocenters. The summed E-state index contributed by atoms with van der Waals surface area (Å²) in [7, 11) is -19.7. The number of anilines is 3. The fourth-order valence-electron chi connectivity index (χ4n) is 7.08. The SMILES string of the molecule is CC1=NN(c2ccc3c(S(=O)(=O)O)cc(S(=O)(=O)O)cc3c2)C(=O)C1=NN=C1C=CC(c2ccc(NNc3c(C)[nH]n(-c4ccc5c(S(=O)(=O)O)cc(S(=O)(=O)O)cc5c4)c3=O)c(O)c2)=CC1=O. The summed E-state index contributed by atoms with van der Waals surface area (Å²) in [5, 5.41) is 26.2. The molecule has 0 radical (unpaired) electrons. The van der Waals surface area contributed by atoms with Gasteiger partial charge in [-0.25, -0.2) is 4.68 Å². The predicted octanol–water partition coefficient (Wildman–Crippen LogP) is 3.65. The van der Waals surface area contributed by atoms with Gasteiger partial charge in [-0.2, -0.15) is 43.8 Å². The zero-order valence-electron chi connectivity index (χ0n) is 34.3. The summed E-state index contributed by atoms with van der Waals surface area (Å²) < 4.78 is 135. The first kappa shape index (κ1) is 46.8. The van der Waals surface area contributed by atoms with Gasteiger partial charge in [-0.05, 0) is 109 Å². The van der Waals surface area contributed by atoms with Gasteiger partial charge < -0.3 is 5.11 Å². The summed E-state index contributed by atoms with van der Waals surface area (Å²) in [5.41, 5.74) is 5.53. The van der Waals surface area contributed by atoms with E-state index in [0.717, 1.165) is 21.8 Å². The fourth-order valence-corrected chi connectivity index (χ4v) is 9.79. The van der Waals surface area contributed by atoms with E-state index >= 15 is 0 Å². The largest absolute Gasteiger partial charge is 0.506 e. The second kappa shape index (κ2) is 16.6. The molecule has 1 aromatic heterocycles. The first-order valence-electron chi connectivity index (χ1n) is 18.9. The number of ketones is 1. The van der Waals surface area contributed by atoms with Crippen molar-refractivity contribution in [2.24, 2.45) is 15.3 Å². The molecule has 1 aliphatic heterocycles. The van der Waals surface area contributed by atoms with Gasteiger partial charge in [0.15, 0.2) is 5.71 Å². The Morgan fingerprint density at radius 3 is 1.76 bits per heavy atom. The summed E-state index contributed by atoms with van der Waals surface area (Å²) in [6, 6.07) is 14.8. The van der Waals surface area contributed by atoms with Crippen LogP contribution in [0.2, 0.25) is 0 Å². The molecule has 28 heteroatoms. The van der Waals surface area contributed by atoms with Crippen molar-refractivity contribution in [1.29, 1.82) is 0 Å². The standard InChI is InChI=1S/C40H30N8O16S4/c1-19-37(39(51)47(45-19)25-5-7-29-23(11-25)13-27(65(53,54)55)17-35(29)67(59,60)61)43-41-31-9-3-21(15-33(31)49)22-4-10-32(34(50)16-22)42-44-38-20(2)46-48(40(38)52)26-6-8-30-24(12-26)14-28(66(56,57)58)18-36(30)68(62,63)64/h3-18,41,43,45,49H,1-2H3,(H,53,54,55)(H,56,57,58)(H,59,60,61)(H,62,63,64). The molecule has 5 aromatic carbocycles. The Bertz CT molecular complexity index is 3970. The number of aromatic nitrogens is 2. The van der Waals surface area contributed by atoms with Crippen LogP contribution in [-0.4, -0.2) is 95.6 Å². The second-order valence-corrected chi connectivity index (χ2v) is 20.4. The lowest BCUT2D eigenvalue weighted by molar-refractivity contribution is -0.112. The van der Waals surface area contributed by atoms with E-state index in [1.54, 1.807) is 6.07 Å². The average molecular weight is 1010 g/mol. The number of hydrazine groups is 1. The van der Waals surface area contributed by atoms with Gasteiger partial charge in [0.25, 0.3) is 46.0 Å². The Kier molecular flexibility index (Phi) is 11.4. The van der Waals surface area contributed by atoms with E-state index in [2.05, 4.69) is 31.3 Å². The maximum atomic E-state index is 13.5. The van der Waals surface area contributed by atoms with Crippen LogP contribution in [0.4, 0.5) is 17.1 Å². The number of aryl methyl sites for hydroxylation is 1. The van der Waals surface area contributed by atoms with E-state index in [9.17, 15) is 71.4 Å². The molecule has 8 N–H and O–H groups in total. The molecule has 68 heavy (non-hydrogen) atoms. The van der Waals surface area contributed by atoms with Crippen LogP contribution in [0.5, 0.6) is 5.75 Å². The number of H-pyrrole nitrogens is 1. The van der Waals surface area contributed by atoms with Gasteiger partial charge >= 0.3 is 5.91 Å². The third kappa shape index (κ3) is 8.94. The van der Waals surface area contributed by atoms with Crippen molar-refractivity contribution in [3.63, 3.8) is 0 Å². The molecule has 0 bridgehead atoms. The highest BCUT2D eigenvalue weighted by molar-refractivity contribution is 7.87. The van der Waals surface area contributed by atoms with Gasteiger partial charge in [0.1, 0.15) is 26.9 Å². The molecule has 1 aliphatic carbocycles. The van der Waals surface area contributed by atoms with E-state index in [-0.39, 0.29) is 72.9 Å². The van der Waals surface area contributed by atoms with E-state index in [0.29, 0.717) is 23.3 Å². The molecule has 1 amide bonds. The average Bonchev–Trinajstić information content (AvgIpc) is 3.70. The summed E-state index contributed by atoms with van der Waals surface area (Å²) >= 11 is 0. The van der Waals surface area contributed by atoms with Crippen LogP contribution in [0, 0.1) is 6.92 Å². The van der Waals surface area contributed by atoms with Crippen LogP contribution in [0.15, 0.2) is 137 Å². The molecular weight excluding hydrogens is 977 g/mol. The van der Waals surface area contributed by atoms with Gasteiger partial charge in [0, 0.05) is 10.8 Å². The van der Waals surface area contributed by atoms with Crippen LogP contribution in [0.3, 0.4) is 0 Å². The van der Waals surface area contributed by atoms with Gasteiger partial charge in [0.2, 0.25) is 5.78 Å². The van der Waals surface area contributed by atoms with Gasteiger partial charge in [-0.15, -0.1) is 10.2 Å². The number of phenols is 1. The number of rotatable bonds is 11. The van der Waals surface area contributed by atoms with Crippen molar-refractivity contribution in [2.75, 3.05) is 15.9 Å². The van der Waals surface area contributed by atoms with Crippen molar-refractivity contribution in [2.45, 2.75) is 33.4 Å². The van der Waals surface area contributed by atoms with Crippen LogP contribution in [0.25, 0.3) is 32.8 Å². The van der Waals surface area contributed by atoms with E-state index < -0.39 is 77.3 Å². The number of aromatic amines is 1. The number of amides is 1. The minimum atomic E-state index is -4.96. The number of phenolic OH excluding ortho intramolecular Hbond substituents is 1. The van der Waals surface area contributed by atoms with E-state index in [1.165, 1.54) is 80.6 Å². The van der Waals surface area contributed by atoms with Gasteiger partial charge in [-0.1, -0.05) is 24.3 Å². The Morgan fingerprint density at radius 2 is 1.22 bits per heavy atom. The van der Waals surface area contributed by atoms with Crippen LogP contribution < -0.4 is 21.4 Å². The van der Waals surface area contributed by atoms with Crippen LogP contribution in [0.1, 0.15) is 18.2 Å². The first-order valence-corrected chi connectivity index (χ1v) is 24.7. The molecule has 350 valence electrons. The Hall–Kier alpha value is -7.70. The third-order valence-corrected chi connectivity index (χ3v) is 13.8. The lowest BCUT2D eigenvalue weighted by Gasteiger charge is -2.14. The van der Waals surface area contributed by atoms with Crippen molar-refractivity contribution in [3.8, 4) is 11.4 Å². The Balaban J connectivity index is 0.967. The number of carbonyl (C=O) groups is 2. The maximum Gasteiger partial charge on any atom is 0.301 e. The molecule has 2 aliphatic rings. The number of hydrazone groups is 1. The monoisotopic (exact) mass is 1010 g/mol. The second-order valence-electron chi connectivity index (χ2n) is 14.8. The van der Waals surface area contributed by atoms with Crippen molar-refractivity contribution >= 4 is 113 Å². The predicted molar refractivity (Wildman–Crippen MR) is 245 cm³/mol. The van der Waals surface area contributed by atoms with Gasteiger partial charge in [-0.3, -0.25) is 48.5 Å². The first-order chi connectivity index (χ1) is 31.7. The highest BCUT2D eigenvalue weighted by Gasteiger charge is 2.32. The fraction of sp³-hybridized carbons (Fsp3) is 0.0500. The Labute approximate surface area is 382 Å². The van der Waals surface area contributed by atoms with Crippen molar-refractivity contribution in [1.82, 2.24) is 9.78 Å². The lowest BCUT2D eigenvalue weighted by Crippen LogP contribution is -2.27. The number of carbonyl (C=O) groups excluding carboxylic acids is 2. The molecule has 0 saturated carbocycles. The normalized spacial score (nSPS) is 16.0. The molecule has 2 heterocycles. The molecule has 6 aromatic rings. The number of benzene rings is 5. The summed E-state index contributed by atoms with van der Waals surface area (Å²) in [4.78, 5) is 36.8. The highest BCUT2D eigenvalue weighted by atomic mass is 32.2.